The summed E-state index contributed by atoms with van der Waals surface area (Å²) >= 11 is 0. The van der Waals surface area contributed by atoms with Gasteiger partial charge in [-0.3, -0.25) is 9.79 Å². The number of nitrogens with zero attached hydrogens (tertiary/aromatic N) is 2. The van der Waals surface area contributed by atoms with E-state index in [2.05, 4.69) is 15.6 Å². The van der Waals surface area contributed by atoms with Gasteiger partial charge in [-0.15, -0.1) is 0 Å². The SMILES string of the molecule is O=Cc1cc(N2CCC(NC3=NCCCN3)CC2)cc(C(F)(F)F)c1. The Balaban J connectivity index is 1.66. The predicted octanol–water partition coefficient (Wildman–Crippen LogP) is 2.43. The minimum absolute atomic E-state index is 0.0471. The first-order valence-electron chi connectivity index (χ1n) is 8.43. The molecule has 0 bridgehead atoms. The number of halogens is 3. The first-order valence-corrected chi connectivity index (χ1v) is 8.43. The first kappa shape index (κ1) is 17.6. The van der Waals surface area contributed by atoms with Crippen molar-refractivity contribution in [2.45, 2.75) is 31.5 Å². The highest BCUT2D eigenvalue weighted by atomic mass is 19.4. The molecule has 1 fully saturated rings. The molecule has 0 aromatic heterocycles. The van der Waals surface area contributed by atoms with Gasteiger partial charge in [-0.05, 0) is 37.5 Å². The van der Waals surface area contributed by atoms with Crippen LogP contribution >= 0.6 is 0 Å². The molecule has 0 amide bonds. The topological polar surface area (TPSA) is 56.7 Å². The number of anilines is 1. The van der Waals surface area contributed by atoms with E-state index in [0.29, 0.717) is 25.1 Å². The van der Waals surface area contributed by atoms with Crippen molar-refractivity contribution in [3.63, 3.8) is 0 Å². The quantitative estimate of drug-likeness (QED) is 0.819. The zero-order chi connectivity index (χ0) is 17.9. The van der Waals surface area contributed by atoms with Gasteiger partial charge in [-0.1, -0.05) is 0 Å². The number of carbonyl (C=O) groups excluding carboxylic acids is 1. The van der Waals surface area contributed by atoms with Crippen LogP contribution in [-0.2, 0) is 6.18 Å². The maximum Gasteiger partial charge on any atom is 0.416 e. The van der Waals surface area contributed by atoms with E-state index in [0.717, 1.165) is 50.4 Å². The Kier molecular flexibility index (Phi) is 5.15. The van der Waals surface area contributed by atoms with E-state index in [1.807, 2.05) is 4.90 Å². The van der Waals surface area contributed by atoms with Gasteiger partial charge in [0.1, 0.15) is 6.29 Å². The van der Waals surface area contributed by atoms with E-state index >= 15 is 0 Å². The van der Waals surface area contributed by atoms with Crippen molar-refractivity contribution in [2.24, 2.45) is 4.99 Å². The number of aliphatic imine (C=N–C) groups is 1. The van der Waals surface area contributed by atoms with Gasteiger partial charge >= 0.3 is 6.18 Å². The molecule has 1 aromatic rings. The van der Waals surface area contributed by atoms with Crippen LogP contribution in [0.2, 0.25) is 0 Å². The van der Waals surface area contributed by atoms with Gasteiger partial charge < -0.3 is 15.5 Å². The number of benzene rings is 1. The highest BCUT2D eigenvalue weighted by molar-refractivity contribution is 5.80. The van der Waals surface area contributed by atoms with Crippen molar-refractivity contribution in [1.29, 1.82) is 0 Å². The molecular formula is C17H21F3N4O. The summed E-state index contributed by atoms with van der Waals surface area (Å²) < 4.78 is 39.0. The maximum atomic E-state index is 13.0. The van der Waals surface area contributed by atoms with Gasteiger partial charge in [0.15, 0.2) is 5.96 Å². The first-order chi connectivity index (χ1) is 12.0. The minimum Gasteiger partial charge on any atom is -0.371 e. The van der Waals surface area contributed by atoms with Gasteiger partial charge in [-0.2, -0.15) is 13.2 Å². The van der Waals surface area contributed by atoms with Crippen LogP contribution < -0.4 is 15.5 Å². The molecule has 1 saturated heterocycles. The predicted molar refractivity (Wildman–Crippen MR) is 90.1 cm³/mol. The fraction of sp³-hybridized carbons (Fsp3) is 0.529. The van der Waals surface area contributed by atoms with Crippen LogP contribution in [0.5, 0.6) is 0 Å². The number of nitrogens with one attached hydrogen (secondary N) is 2. The third kappa shape index (κ3) is 4.43. The van der Waals surface area contributed by atoms with E-state index < -0.39 is 11.7 Å². The molecule has 0 atom stereocenters. The van der Waals surface area contributed by atoms with Crippen molar-refractivity contribution in [3.05, 3.63) is 29.3 Å². The molecule has 0 aliphatic carbocycles. The summed E-state index contributed by atoms with van der Waals surface area (Å²) in [7, 11) is 0. The number of hydrogen-bond acceptors (Lipinski definition) is 5. The molecule has 0 saturated carbocycles. The molecule has 5 nitrogen and oxygen atoms in total. The average Bonchev–Trinajstić information content (AvgIpc) is 2.62. The lowest BCUT2D eigenvalue weighted by molar-refractivity contribution is -0.137. The molecule has 136 valence electrons. The van der Waals surface area contributed by atoms with Crippen LogP contribution in [0.1, 0.15) is 35.2 Å². The smallest absolute Gasteiger partial charge is 0.371 e. The van der Waals surface area contributed by atoms with Crippen LogP contribution in [-0.4, -0.2) is 44.5 Å². The van der Waals surface area contributed by atoms with E-state index in [-0.39, 0.29) is 11.6 Å². The monoisotopic (exact) mass is 354 g/mol. The molecule has 2 aliphatic heterocycles. The average molecular weight is 354 g/mol. The Hall–Kier alpha value is -2.25. The number of piperidine rings is 1. The van der Waals surface area contributed by atoms with E-state index in [1.165, 1.54) is 6.07 Å². The summed E-state index contributed by atoms with van der Waals surface area (Å²) in [6, 6.07) is 3.77. The fourth-order valence-corrected chi connectivity index (χ4v) is 3.15. The van der Waals surface area contributed by atoms with Crippen molar-refractivity contribution in [2.75, 3.05) is 31.1 Å². The number of guanidine groups is 1. The molecule has 2 heterocycles. The number of hydrogen-bond donors (Lipinski definition) is 2. The molecule has 2 N–H and O–H groups in total. The number of carbonyl (C=O) groups is 1. The normalized spacial score (nSPS) is 19.2. The Labute approximate surface area is 144 Å². The fourth-order valence-electron chi connectivity index (χ4n) is 3.15. The second-order valence-electron chi connectivity index (χ2n) is 6.35. The Morgan fingerprint density at radius 1 is 1.24 bits per heavy atom. The Morgan fingerprint density at radius 2 is 2.00 bits per heavy atom. The summed E-state index contributed by atoms with van der Waals surface area (Å²) in [5.74, 6) is 0.812. The van der Waals surface area contributed by atoms with Crippen LogP contribution in [0.25, 0.3) is 0 Å². The summed E-state index contributed by atoms with van der Waals surface area (Å²) in [6.07, 6.45) is -1.38. The second-order valence-corrected chi connectivity index (χ2v) is 6.35. The molecule has 25 heavy (non-hydrogen) atoms. The van der Waals surface area contributed by atoms with Crippen molar-refractivity contribution >= 4 is 17.9 Å². The van der Waals surface area contributed by atoms with Gasteiger partial charge in [0.2, 0.25) is 0 Å². The maximum absolute atomic E-state index is 13.0. The summed E-state index contributed by atoms with van der Waals surface area (Å²) in [4.78, 5) is 17.3. The lowest BCUT2D eigenvalue weighted by Crippen LogP contribution is -2.50. The Bertz CT molecular complexity index is 652. The zero-order valence-electron chi connectivity index (χ0n) is 13.8. The van der Waals surface area contributed by atoms with Crippen LogP contribution in [0.4, 0.5) is 18.9 Å². The molecule has 0 spiro atoms. The van der Waals surface area contributed by atoms with E-state index in [1.54, 1.807) is 0 Å². The van der Waals surface area contributed by atoms with E-state index in [4.69, 9.17) is 0 Å². The van der Waals surface area contributed by atoms with Crippen molar-refractivity contribution in [1.82, 2.24) is 10.6 Å². The Morgan fingerprint density at radius 3 is 2.60 bits per heavy atom. The third-order valence-electron chi connectivity index (χ3n) is 4.50. The number of aldehydes is 1. The molecule has 2 aliphatic rings. The molecule has 0 radical (unpaired) electrons. The standard InChI is InChI=1S/C17H21F3N4O/c18-17(19,20)13-8-12(11-25)9-15(10-13)24-6-2-14(3-7-24)23-16-21-4-1-5-22-16/h8-11,14H,1-7H2,(H2,21,22,23). The van der Waals surface area contributed by atoms with Gasteiger partial charge in [0, 0.05) is 43.5 Å². The molecule has 8 heteroatoms. The summed E-state index contributed by atoms with van der Waals surface area (Å²) in [5, 5.41) is 6.57. The summed E-state index contributed by atoms with van der Waals surface area (Å²) in [5.41, 5.74) is -0.289. The molecule has 3 rings (SSSR count). The number of rotatable bonds is 3. The van der Waals surface area contributed by atoms with Crippen molar-refractivity contribution < 1.29 is 18.0 Å². The van der Waals surface area contributed by atoms with Crippen LogP contribution in [0, 0.1) is 0 Å². The lowest BCUT2D eigenvalue weighted by atomic mass is 10.0. The molecule has 1 aromatic carbocycles. The van der Waals surface area contributed by atoms with Gasteiger partial charge in [-0.25, -0.2) is 0 Å². The molecule has 0 unspecified atom stereocenters. The second kappa shape index (κ2) is 7.33. The van der Waals surface area contributed by atoms with Gasteiger partial charge in [0.25, 0.3) is 0 Å². The zero-order valence-corrected chi connectivity index (χ0v) is 13.8. The van der Waals surface area contributed by atoms with Crippen LogP contribution in [0.3, 0.4) is 0 Å². The van der Waals surface area contributed by atoms with E-state index in [9.17, 15) is 18.0 Å². The molecular weight excluding hydrogens is 333 g/mol. The largest absolute Gasteiger partial charge is 0.416 e. The van der Waals surface area contributed by atoms with Gasteiger partial charge in [0.05, 0.1) is 5.56 Å². The minimum atomic E-state index is -4.46. The lowest BCUT2D eigenvalue weighted by Gasteiger charge is -2.35. The third-order valence-corrected chi connectivity index (χ3v) is 4.50. The van der Waals surface area contributed by atoms with Crippen molar-refractivity contribution in [3.8, 4) is 0 Å². The van der Waals surface area contributed by atoms with Crippen LogP contribution in [0.15, 0.2) is 23.2 Å². The number of alkyl halides is 3. The highest BCUT2D eigenvalue weighted by Gasteiger charge is 2.32. The highest BCUT2D eigenvalue weighted by Crippen LogP contribution is 2.33. The summed E-state index contributed by atoms with van der Waals surface area (Å²) in [6.45, 7) is 2.98.